The van der Waals surface area contributed by atoms with E-state index in [9.17, 15) is 9.90 Å². The number of aromatic hydroxyl groups is 1. The Morgan fingerprint density at radius 3 is 2.71 bits per heavy atom. The Morgan fingerprint density at radius 1 is 1.25 bits per heavy atom. The molecule has 1 aromatic heterocycles. The summed E-state index contributed by atoms with van der Waals surface area (Å²) in [6, 6.07) is 12.2. The number of hydrogen-bond donors (Lipinski definition) is 3. The molecule has 0 radical (unpaired) electrons. The Kier molecular flexibility index (Phi) is 4.08. The van der Waals surface area contributed by atoms with Crippen molar-refractivity contribution in [2.24, 2.45) is 0 Å². The van der Waals surface area contributed by atoms with Crippen molar-refractivity contribution in [2.45, 2.75) is 6.54 Å². The average Bonchev–Trinajstić information content (AvgIpc) is 2.56. The summed E-state index contributed by atoms with van der Waals surface area (Å²) in [6.45, 7) is 0.924. The monoisotopic (exact) mass is 320 g/mol. The third-order valence-corrected chi connectivity index (χ3v) is 3.66. The maximum atomic E-state index is 12.0. The number of fused-ring (bicyclic) bond motifs is 1. The Morgan fingerprint density at radius 2 is 2.00 bits per heavy atom. The van der Waals surface area contributed by atoms with Crippen LogP contribution in [0.5, 0.6) is 5.75 Å². The van der Waals surface area contributed by atoms with Crippen molar-refractivity contribution in [1.82, 2.24) is 9.97 Å². The van der Waals surface area contributed by atoms with Gasteiger partial charge in [-0.25, -0.2) is 4.98 Å². The summed E-state index contributed by atoms with van der Waals surface area (Å²) in [5, 5.41) is 9.89. The van der Waals surface area contributed by atoms with Crippen LogP contribution in [0.2, 0.25) is 0 Å². The molecule has 120 valence electrons. The van der Waals surface area contributed by atoms with Crippen molar-refractivity contribution in [3.8, 4) is 18.1 Å². The number of H-pyrrole nitrogens is 1. The second-order valence-corrected chi connectivity index (χ2v) is 5.38. The summed E-state index contributed by atoms with van der Waals surface area (Å²) in [5.41, 5.74) is 7.64. The molecule has 2 aromatic carbocycles. The molecule has 0 saturated heterocycles. The van der Waals surface area contributed by atoms with Crippen LogP contribution in [0.1, 0.15) is 5.56 Å². The number of phenolic OH excluding ortho intramolecular Hbond substituents is 1. The van der Waals surface area contributed by atoms with Crippen LogP contribution in [0.3, 0.4) is 0 Å². The molecule has 0 fully saturated rings. The van der Waals surface area contributed by atoms with Gasteiger partial charge < -0.3 is 15.7 Å². The van der Waals surface area contributed by atoms with Crippen LogP contribution < -0.4 is 16.2 Å². The molecule has 24 heavy (non-hydrogen) atoms. The van der Waals surface area contributed by atoms with Crippen LogP contribution in [-0.2, 0) is 6.54 Å². The first-order valence-electron chi connectivity index (χ1n) is 7.32. The normalized spacial score (nSPS) is 10.5. The summed E-state index contributed by atoms with van der Waals surface area (Å²) >= 11 is 0. The van der Waals surface area contributed by atoms with Crippen LogP contribution in [0.15, 0.2) is 47.3 Å². The predicted molar refractivity (Wildman–Crippen MR) is 94.8 cm³/mol. The van der Waals surface area contributed by atoms with Gasteiger partial charge in [-0.15, -0.1) is 6.42 Å². The molecule has 6 nitrogen and oxygen atoms in total. The Labute approximate surface area is 138 Å². The molecule has 3 rings (SSSR count). The number of aromatic nitrogens is 2. The third kappa shape index (κ3) is 3.15. The topological polar surface area (TPSA) is 95.2 Å². The van der Waals surface area contributed by atoms with E-state index in [1.807, 2.05) is 11.0 Å². The van der Waals surface area contributed by atoms with E-state index in [1.165, 1.54) is 0 Å². The molecule has 0 aliphatic rings. The predicted octanol–water partition coefficient (Wildman–Crippen LogP) is 1.85. The number of terminal acetylenes is 1. The summed E-state index contributed by atoms with van der Waals surface area (Å²) in [6.07, 6.45) is 5.46. The summed E-state index contributed by atoms with van der Waals surface area (Å²) in [4.78, 5) is 20.6. The Hall–Kier alpha value is -3.46. The van der Waals surface area contributed by atoms with Gasteiger partial charge in [0.2, 0.25) is 5.95 Å². The van der Waals surface area contributed by atoms with Gasteiger partial charge in [-0.3, -0.25) is 9.78 Å². The highest BCUT2D eigenvalue weighted by Crippen LogP contribution is 2.21. The van der Waals surface area contributed by atoms with Crippen molar-refractivity contribution in [3.63, 3.8) is 0 Å². The van der Waals surface area contributed by atoms with E-state index in [4.69, 9.17) is 12.2 Å². The van der Waals surface area contributed by atoms with E-state index in [0.717, 1.165) is 11.3 Å². The van der Waals surface area contributed by atoms with Gasteiger partial charge in [0.1, 0.15) is 5.75 Å². The molecule has 4 N–H and O–H groups in total. The molecule has 6 heteroatoms. The number of benzene rings is 2. The van der Waals surface area contributed by atoms with Crippen LogP contribution in [-0.4, -0.2) is 21.6 Å². The first-order chi connectivity index (χ1) is 11.6. The van der Waals surface area contributed by atoms with E-state index in [2.05, 4.69) is 15.9 Å². The standard InChI is InChI=1S/C18H16N4O2/c1-2-9-22(13-4-6-14(23)7-5-13)11-12-3-8-16-15(10-12)17(24)21-18(19)20-16/h1,3-8,10,23H,9,11H2,(H3,19,20,21,24). The van der Waals surface area contributed by atoms with Gasteiger partial charge >= 0.3 is 0 Å². The first kappa shape index (κ1) is 15.4. The number of hydrogen-bond acceptors (Lipinski definition) is 5. The summed E-state index contributed by atoms with van der Waals surface area (Å²) < 4.78 is 0. The fourth-order valence-corrected chi connectivity index (χ4v) is 2.53. The first-order valence-corrected chi connectivity index (χ1v) is 7.32. The molecule has 0 saturated carbocycles. The Bertz CT molecular complexity index is 971. The maximum Gasteiger partial charge on any atom is 0.260 e. The van der Waals surface area contributed by atoms with E-state index in [-0.39, 0.29) is 17.3 Å². The minimum atomic E-state index is -0.271. The fraction of sp³-hybridized carbons (Fsp3) is 0.111. The minimum Gasteiger partial charge on any atom is -0.508 e. The minimum absolute atomic E-state index is 0.0956. The van der Waals surface area contributed by atoms with Crippen molar-refractivity contribution >= 4 is 22.5 Å². The summed E-state index contributed by atoms with van der Waals surface area (Å²) in [7, 11) is 0. The van der Waals surface area contributed by atoms with E-state index in [1.54, 1.807) is 36.4 Å². The van der Waals surface area contributed by atoms with Crippen molar-refractivity contribution in [3.05, 3.63) is 58.4 Å². The summed E-state index contributed by atoms with van der Waals surface area (Å²) in [5.74, 6) is 2.91. The van der Waals surface area contributed by atoms with Crippen molar-refractivity contribution in [1.29, 1.82) is 0 Å². The molecule has 1 heterocycles. The SMILES string of the molecule is C#CCN(Cc1ccc2nc(N)[nH]c(=O)c2c1)c1ccc(O)cc1. The quantitative estimate of drug-likeness (QED) is 0.638. The zero-order valence-electron chi connectivity index (χ0n) is 12.9. The van der Waals surface area contributed by atoms with E-state index < -0.39 is 0 Å². The maximum absolute atomic E-state index is 12.0. The van der Waals surface area contributed by atoms with Crippen LogP contribution in [0.25, 0.3) is 10.9 Å². The van der Waals surface area contributed by atoms with Gasteiger partial charge in [0.05, 0.1) is 17.4 Å². The number of phenols is 1. The molecule has 0 spiro atoms. The van der Waals surface area contributed by atoms with Gasteiger partial charge in [0, 0.05) is 12.2 Å². The number of rotatable bonds is 4. The van der Waals surface area contributed by atoms with E-state index >= 15 is 0 Å². The number of nitrogen functional groups attached to an aromatic ring is 1. The molecule has 0 atom stereocenters. The highest BCUT2D eigenvalue weighted by molar-refractivity contribution is 5.79. The van der Waals surface area contributed by atoms with Gasteiger partial charge in [-0.05, 0) is 42.0 Å². The second-order valence-electron chi connectivity index (χ2n) is 5.38. The second kappa shape index (κ2) is 6.34. The lowest BCUT2D eigenvalue weighted by Gasteiger charge is -2.22. The largest absolute Gasteiger partial charge is 0.508 e. The van der Waals surface area contributed by atoms with E-state index in [0.29, 0.717) is 24.0 Å². The molecule has 0 unspecified atom stereocenters. The van der Waals surface area contributed by atoms with Crippen molar-refractivity contribution in [2.75, 3.05) is 17.2 Å². The molecule has 0 bridgehead atoms. The highest BCUT2D eigenvalue weighted by atomic mass is 16.3. The molecular formula is C18H16N4O2. The molecule has 0 amide bonds. The fourth-order valence-electron chi connectivity index (χ4n) is 2.53. The highest BCUT2D eigenvalue weighted by Gasteiger charge is 2.09. The lowest BCUT2D eigenvalue weighted by molar-refractivity contribution is 0.475. The average molecular weight is 320 g/mol. The van der Waals surface area contributed by atoms with Crippen LogP contribution in [0, 0.1) is 12.3 Å². The molecule has 0 aliphatic carbocycles. The number of anilines is 2. The molecular weight excluding hydrogens is 304 g/mol. The lowest BCUT2D eigenvalue weighted by atomic mass is 10.1. The van der Waals surface area contributed by atoms with Crippen molar-refractivity contribution < 1.29 is 5.11 Å². The number of aromatic amines is 1. The van der Waals surface area contributed by atoms with Crippen LogP contribution in [0.4, 0.5) is 11.6 Å². The number of nitrogens with two attached hydrogens (primary N) is 1. The van der Waals surface area contributed by atoms with Gasteiger partial charge in [-0.1, -0.05) is 12.0 Å². The zero-order chi connectivity index (χ0) is 17.1. The van der Waals surface area contributed by atoms with Gasteiger partial charge in [-0.2, -0.15) is 0 Å². The lowest BCUT2D eigenvalue weighted by Crippen LogP contribution is -2.23. The number of nitrogens with one attached hydrogen (secondary N) is 1. The smallest absolute Gasteiger partial charge is 0.260 e. The Balaban J connectivity index is 1.95. The third-order valence-electron chi connectivity index (χ3n) is 3.66. The number of nitrogens with zero attached hydrogens (tertiary/aromatic N) is 2. The molecule has 3 aromatic rings. The van der Waals surface area contributed by atoms with Gasteiger partial charge in [0.25, 0.3) is 5.56 Å². The zero-order valence-corrected chi connectivity index (χ0v) is 12.9. The molecule has 0 aliphatic heterocycles. The van der Waals surface area contributed by atoms with Crippen LogP contribution >= 0.6 is 0 Å². The van der Waals surface area contributed by atoms with Gasteiger partial charge in [0.15, 0.2) is 0 Å².